The van der Waals surface area contributed by atoms with Crippen LogP contribution in [0.5, 0.6) is 0 Å². The standard InChI is InChI=1S/C27H20F4N4O2/c1-34(2)25(36)21-15-32-22-6-4-3-5-20(22)24(21)26(37,27(29,30)31)17-7-12-23-16(13-17)14-33-35(23)19-10-8-18(28)9-11-19/h3-15,37H,1-2H3. The van der Waals surface area contributed by atoms with Crippen molar-refractivity contribution in [3.63, 3.8) is 0 Å². The summed E-state index contributed by atoms with van der Waals surface area (Å²) in [6, 6.07) is 15.2. The number of hydrogen-bond acceptors (Lipinski definition) is 4. The van der Waals surface area contributed by atoms with Gasteiger partial charge in [0.15, 0.2) is 0 Å². The van der Waals surface area contributed by atoms with Crippen molar-refractivity contribution >= 4 is 27.7 Å². The van der Waals surface area contributed by atoms with Crippen molar-refractivity contribution in [2.24, 2.45) is 0 Å². The van der Waals surface area contributed by atoms with E-state index in [1.807, 2.05) is 0 Å². The second kappa shape index (κ2) is 8.67. The predicted molar refractivity (Wildman–Crippen MR) is 130 cm³/mol. The fourth-order valence-corrected chi connectivity index (χ4v) is 4.43. The highest BCUT2D eigenvalue weighted by Crippen LogP contribution is 2.48. The van der Waals surface area contributed by atoms with Crippen LogP contribution in [0.15, 0.2) is 79.1 Å². The molecule has 2 heterocycles. The van der Waals surface area contributed by atoms with Gasteiger partial charge in [-0.2, -0.15) is 18.3 Å². The second-order valence-corrected chi connectivity index (χ2v) is 8.78. The molecule has 188 valence electrons. The van der Waals surface area contributed by atoms with E-state index in [4.69, 9.17) is 0 Å². The number of pyridine rings is 1. The average Bonchev–Trinajstić information content (AvgIpc) is 3.30. The maximum absolute atomic E-state index is 14.9. The quantitative estimate of drug-likeness (QED) is 0.338. The highest BCUT2D eigenvalue weighted by Gasteiger charge is 2.58. The lowest BCUT2D eigenvalue weighted by Crippen LogP contribution is -2.45. The van der Waals surface area contributed by atoms with Gasteiger partial charge in [-0.3, -0.25) is 9.78 Å². The molecule has 0 aliphatic heterocycles. The molecule has 5 rings (SSSR count). The molecule has 0 aliphatic carbocycles. The summed E-state index contributed by atoms with van der Waals surface area (Å²) in [6.07, 6.45) is -2.80. The number of para-hydroxylation sites is 1. The van der Waals surface area contributed by atoms with Crippen LogP contribution < -0.4 is 0 Å². The summed E-state index contributed by atoms with van der Waals surface area (Å²) < 4.78 is 59.5. The number of rotatable bonds is 4. The van der Waals surface area contributed by atoms with Gasteiger partial charge in [0.2, 0.25) is 5.60 Å². The number of alkyl halides is 3. The first-order chi connectivity index (χ1) is 17.5. The first-order valence-corrected chi connectivity index (χ1v) is 11.2. The van der Waals surface area contributed by atoms with Gasteiger partial charge in [-0.15, -0.1) is 0 Å². The molecule has 10 heteroatoms. The van der Waals surface area contributed by atoms with Crippen molar-refractivity contribution in [2.75, 3.05) is 14.1 Å². The molecule has 0 fully saturated rings. The third-order valence-corrected chi connectivity index (χ3v) is 6.24. The van der Waals surface area contributed by atoms with E-state index < -0.39 is 34.6 Å². The fraction of sp³-hybridized carbons (Fsp3) is 0.148. The zero-order valence-corrected chi connectivity index (χ0v) is 19.7. The number of halogens is 4. The second-order valence-electron chi connectivity index (χ2n) is 8.78. The van der Waals surface area contributed by atoms with Gasteiger partial charge in [-0.1, -0.05) is 24.3 Å². The molecule has 1 amide bonds. The van der Waals surface area contributed by atoms with Gasteiger partial charge < -0.3 is 10.0 Å². The SMILES string of the molecule is CN(C)C(=O)c1cnc2ccccc2c1C(O)(c1ccc2c(cnn2-c2ccc(F)cc2)c1)C(F)(F)F. The lowest BCUT2D eigenvalue weighted by atomic mass is 9.80. The minimum atomic E-state index is -5.21. The number of fused-ring (bicyclic) bond motifs is 2. The number of nitrogens with zero attached hydrogens (tertiary/aromatic N) is 4. The Morgan fingerprint density at radius 2 is 1.68 bits per heavy atom. The first-order valence-electron chi connectivity index (χ1n) is 11.2. The zero-order chi connectivity index (χ0) is 26.5. The normalized spacial score (nSPS) is 13.6. The van der Waals surface area contributed by atoms with Gasteiger partial charge in [-0.05, 0) is 48.0 Å². The third kappa shape index (κ3) is 3.89. The number of aliphatic hydroxyl groups is 1. The van der Waals surface area contributed by atoms with Crippen LogP contribution in [0.2, 0.25) is 0 Å². The predicted octanol–water partition coefficient (Wildman–Crippen LogP) is 5.21. The number of carbonyl (C=O) groups excluding carboxylic acids is 1. The number of hydrogen-bond donors (Lipinski definition) is 1. The van der Waals surface area contributed by atoms with Crippen LogP contribution in [0.1, 0.15) is 21.5 Å². The van der Waals surface area contributed by atoms with E-state index in [0.717, 1.165) is 17.2 Å². The van der Waals surface area contributed by atoms with Crippen molar-refractivity contribution in [3.8, 4) is 5.69 Å². The van der Waals surface area contributed by atoms with Gasteiger partial charge in [0, 0.05) is 36.6 Å². The summed E-state index contributed by atoms with van der Waals surface area (Å²) in [4.78, 5) is 18.3. The van der Waals surface area contributed by atoms with Gasteiger partial charge >= 0.3 is 6.18 Å². The topological polar surface area (TPSA) is 71.2 Å². The fourth-order valence-electron chi connectivity index (χ4n) is 4.43. The molecule has 0 spiro atoms. The molecule has 0 radical (unpaired) electrons. The lowest BCUT2D eigenvalue weighted by Gasteiger charge is -2.34. The molecule has 1 unspecified atom stereocenters. The van der Waals surface area contributed by atoms with Crippen molar-refractivity contribution in [1.29, 1.82) is 0 Å². The maximum Gasteiger partial charge on any atom is 0.425 e. The summed E-state index contributed by atoms with van der Waals surface area (Å²) in [5.41, 5.74) is -3.86. The molecule has 0 saturated carbocycles. The molecule has 3 aromatic carbocycles. The molecule has 0 bridgehead atoms. The Morgan fingerprint density at radius 3 is 2.35 bits per heavy atom. The monoisotopic (exact) mass is 508 g/mol. The summed E-state index contributed by atoms with van der Waals surface area (Å²) >= 11 is 0. The zero-order valence-electron chi connectivity index (χ0n) is 19.7. The van der Waals surface area contributed by atoms with Crippen LogP contribution in [-0.4, -0.2) is 50.9 Å². The Bertz CT molecular complexity index is 1640. The Kier molecular flexibility index (Phi) is 5.71. The highest BCUT2D eigenvalue weighted by atomic mass is 19.4. The van der Waals surface area contributed by atoms with Gasteiger partial charge in [0.1, 0.15) is 5.82 Å². The minimum Gasteiger partial charge on any atom is -0.372 e. The van der Waals surface area contributed by atoms with E-state index in [0.29, 0.717) is 16.6 Å². The summed E-state index contributed by atoms with van der Waals surface area (Å²) in [7, 11) is 2.81. The Morgan fingerprint density at radius 1 is 0.973 bits per heavy atom. The third-order valence-electron chi connectivity index (χ3n) is 6.24. The molecular weight excluding hydrogens is 488 g/mol. The molecule has 37 heavy (non-hydrogen) atoms. The van der Waals surface area contributed by atoms with Crippen LogP contribution in [-0.2, 0) is 5.60 Å². The van der Waals surface area contributed by atoms with Crippen molar-refractivity contribution < 1.29 is 27.5 Å². The van der Waals surface area contributed by atoms with E-state index in [-0.39, 0.29) is 16.5 Å². The Labute approximate surface area is 208 Å². The molecule has 5 aromatic rings. The van der Waals surface area contributed by atoms with Gasteiger partial charge in [0.05, 0.1) is 28.5 Å². The van der Waals surface area contributed by atoms with E-state index in [1.54, 1.807) is 6.07 Å². The molecule has 1 N–H and O–H groups in total. The van der Waals surface area contributed by atoms with Crippen LogP contribution in [0.4, 0.5) is 17.6 Å². The van der Waals surface area contributed by atoms with Crippen LogP contribution >= 0.6 is 0 Å². The molecule has 0 aliphatic rings. The van der Waals surface area contributed by atoms with Crippen molar-refractivity contribution in [2.45, 2.75) is 11.8 Å². The minimum absolute atomic E-state index is 0.00266. The largest absolute Gasteiger partial charge is 0.425 e. The molecule has 6 nitrogen and oxygen atoms in total. The van der Waals surface area contributed by atoms with Gasteiger partial charge in [-0.25, -0.2) is 9.07 Å². The van der Waals surface area contributed by atoms with Crippen LogP contribution in [0.25, 0.3) is 27.5 Å². The van der Waals surface area contributed by atoms with Gasteiger partial charge in [0.25, 0.3) is 5.91 Å². The van der Waals surface area contributed by atoms with E-state index in [1.165, 1.54) is 79.6 Å². The number of benzene rings is 3. The lowest BCUT2D eigenvalue weighted by molar-refractivity contribution is -0.247. The smallest absolute Gasteiger partial charge is 0.372 e. The summed E-state index contributed by atoms with van der Waals surface area (Å²) in [5.74, 6) is -1.17. The molecule has 2 aromatic heterocycles. The Hall–Kier alpha value is -4.31. The van der Waals surface area contributed by atoms with E-state index in [9.17, 15) is 27.5 Å². The summed E-state index contributed by atoms with van der Waals surface area (Å²) in [6.45, 7) is 0. The van der Waals surface area contributed by atoms with Crippen LogP contribution in [0.3, 0.4) is 0 Å². The number of aromatic nitrogens is 3. The number of carbonyl (C=O) groups is 1. The Balaban J connectivity index is 1.78. The average molecular weight is 508 g/mol. The van der Waals surface area contributed by atoms with Crippen molar-refractivity contribution in [3.05, 3.63) is 102 Å². The highest BCUT2D eigenvalue weighted by molar-refractivity contribution is 6.01. The molecule has 1 atom stereocenters. The first kappa shape index (κ1) is 24.4. The maximum atomic E-state index is 14.9. The van der Waals surface area contributed by atoms with E-state index in [2.05, 4.69) is 10.1 Å². The van der Waals surface area contributed by atoms with Crippen LogP contribution in [0, 0.1) is 5.82 Å². The molecule has 0 saturated heterocycles. The summed E-state index contributed by atoms with van der Waals surface area (Å²) in [5, 5.41) is 16.2. The number of amides is 1. The molecular formula is C27H20F4N4O2. The van der Waals surface area contributed by atoms with Crippen molar-refractivity contribution in [1.82, 2.24) is 19.7 Å². The van der Waals surface area contributed by atoms with E-state index >= 15 is 0 Å².